The lowest BCUT2D eigenvalue weighted by atomic mass is 9.58. The number of hydrogen-bond acceptors (Lipinski definition) is 7. The molecular formula is C27H38ClN5O4. The highest BCUT2D eigenvalue weighted by Crippen LogP contribution is 2.48. The first-order chi connectivity index (χ1) is 17.6. The number of amides is 1. The Morgan fingerprint density at radius 3 is 2.57 bits per heavy atom. The Morgan fingerprint density at radius 1 is 1.22 bits per heavy atom. The molecule has 1 saturated heterocycles. The summed E-state index contributed by atoms with van der Waals surface area (Å²) >= 11 is 6.49. The molecule has 5 atom stereocenters. The summed E-state index contributed by atoms with van der Waals surface area (Å²) in [6.45, 7) is 12.2. The lowest BCUT2D eigenvalue weighted by molar-refractivity contribution is -0.123. The minimum Gasteiger partial charge on any atom is -0.379 e. The fraction of sp³-hybridized carbons (Fsp3) is 0.630. The van der Waals surface area contributed by atoms with Crippen LogP contribution in [0.15, 0.2) is 35.5 Å². The molecule has 0 radical (unpaired) electrons. The van der Waals surface area contributed by atoms with Gasteiger partial charge in [-0.3, -0.25) is 14.6 Å². The van der Waals surface area contributed by atoms with E-state index < -0.39 is 11.8 Å². The number of ether oxygens (including phenoxy) is 2. The maximum atomic E-state index is 13.0. The Hall–Kier alpha value is -2.49. The predicted octanol–water partition coefficient (Wildman–Crippen LogP) is 4.03. The van der Waals surface area contributed by atoms with Gasteiger partial charge >= 0.3 is 0 Å². The summed E-state index contributed by atoms with van der Waals surface area (Å²) in [6.07, 6.45) is 5.88. The van der Waals surface area contributed by atoms with Crippen molar-refractivity contribution in [1.29, 1.82) is 0 Å². The largest absolute Gasteiger partial charge is 0.379 e. The second-order valence-corrected chi connectivity index (χ2v) is 11.4. The monoisotopic (exact) mass is 531 g/mol. The van der Waals surface area contributed by atoms with Crippen LogP contribution in [0.3, 0.4) is 0 Å². The van der Waals surface area contributed by atoms with Crippen LogP contribution in [-0.4, -0.2) is 46.2 Å². The molecule has 202 valence electrons. The van der Waals surface area contributed by atoms with Crippen molar-refractivity contribution in [2.45, 2.75) is 72.4 Å². The summed E-state index contributed by atoms with van der Waals surface area (Å²) in [5.74, 6) is 1.05. The van der Waals surface area contributed by atoms with Crippen molar-refractivity contribution < 1.29 is 14.3 Å². The quantitative estimate of drug-likeness (QED) is 0.529. The zero-order valence-electron chi connectivity index (χ0n) is 22.2. The van der Waals surface area contributed by atoms with Crippen LogP contribution in [0, 0.1) is 23.2 Å². The minimum absolute atomic E-state index is 0.0404. The minimum atomic E-state index is -0.505. The molecule has 2 N–H and O–H groups in total. The molecule has 2 aromatic rings. The second kappa shape index (κ2) is 11.5. The molecule has 2 aliphatic rings. The summed E-state index contributed by atoms with van der Waals surface area (Å²) in [5.41, 5.74) is 1.10. The standard InChI is InChI=1S/C27H38ClN5O4/c1-16-12-20(17(2)18(3)27(16,4)5)31-22-14-30-33(26(35)25(22)28)15-23(34)32-21(13-24-36-10-11-37-24)19-6-8-29-9-7-19/h6-9,14,16-18,20-21,24,31H,10-13,15H2,1-5H3,(H,32,34)/t16-,17+,18+,20+,21?/m0/s1. The van der Waals surface area contributed by atoms with Crippen LogP contribution in [0.4, 0.5) is 5.69 Å². The molecule has 0 aromatic carbocycles. The Balaban J connectivity index is 1.44. The summed E-state index contributed by atoms with van der Waals surface area (Å²) < 4.78 is 12.2. The molecule has 2 aromatic heterocycles. The Morgan fingerprint density at radius 2 is 1.89 bits per heavy atom. The topological polar surface area (TPSA) is 107 Å². The van der Waals surface area contributed by atoms with Crippen LogP contribution in [0.1, 0.15) is 59.1 Å². The lowest BCUT2D eigenvalue weighted by Crippen LogP contribution is -2.48. The van der Waals surface area contributed by atoms with Gasteiger partial charge in [0, 0.05) is 24.9 Å². The van der Waals surface area contributed by atoms with Crippen molar-refractivity contribution in [1.82, 2.24) is 20.1 Å². The van der Waals surface area contributed by atoms with E-state index in [4.69, 9.17) is 21.1 Å². The van der Waals surface area contributed by atoms with Crippen molar-refractivity contribution in [2.75, 3.05) is 18.5 Å². The van der Waals surface area contributed by atoms with Gasteiger partial charge in [0.2, 0.25) is 5.91 Å². The van der Waals surface area contributed by atoms with E-state index in [1.54, 1.807) is 18.6 Å². The number of hydrogen-bond donors (Lipinski definition) is 2. The van der Waals surface area contributed by atoms with Crippen LogP contribution in [0.2, 0.25) is 5.02 Å². The van der Waals surface area contributed by atoms with E-state index in [1.165, 1.54) is 0 Å². The lowest BCUT2D eigenvalue weighted by Gasteiger charge is -2.50. The van der Waals surface area contributed by atoms with Gasteiger partial charge in [-0.2, -0.15) is 5.10 Å². The molecule has 37 heavy (non-hydrogen) atoms. The van der Waals surface area contributed by atoms with Gasteiger partial charge in [0.25, 0.3) is 5.56 Å². The molecule has 1 aliphatic carbocycles. The van der Waals surface area contributed by atoms with Crippen LogP contribution >= 0.6 is 11.6 Å². The van der Waals surface area contributed by atoms with Gasteiger partial charge in [0.1, 0.15) is 11.6 Å². The van der Waals surface area contributed by atoms with Crippen LogP contribution in [-0.2, 0) is 20.8 Å². The first kappa shape index (κ1) is 27.5. The fourth-order valence-electron chi connectivity index (χ4n) is 5.43. The molecule has 10 heteroatoms. The second-order valence-electron chi connectivity index (χ2n) is 11.0. The molecule has 9 nitrogen and oxygen atoms in total. The predicted molar refractivity (Wildman–Crippen MR) is 142 cm³/mol. The molecule has 0 spiro atoms. The molecule has 1 amide bonds. The molecule has 1 saturated carbocycles. The van der Waals surface area contributed by atoms with E-state index in [2.05, 4.69) is 55.3 Å². The number of carbonyl (C=O) groups excluding carboxylic acids is 1. The molecule has 1 aliphatic heterocycles. The van der Waals surface area contributed by atoms with Gasteiger partial charge in [0.15, 0.2) is 6.29 Å². The SMILES string of the molecule is C[C@@H]1[C@@H](C)C(C)(C)[C@@H](C)C[C@H]1Nc1cnn(CC(=O)NC(CC2OCCO2)c2ccncc2)c(=O)c1Cl. The fourth-order valence-corrected chi connectivity index (χ4v) is 5.63. The smallest absolute Gasteiger partial charge is 0.288 e. The maximum Gasteiger partial charge on any atom is 0.288 e. The zero-order chi connectivity index (χ0) is 26.7. The van der Waals surface area contributed by atoms with Crippen LogP contribution < -0.4 is 16.2 Å². The van der Waals surface area contributed by atoms with Gasteiger partial charge in [-0.1, -0.05) is 46.2 Å². The van der Waals surface area contributed by atoms with Crippen LogP contribution in [0.5, 0.6) is 0 Å². The molecule has 4 rings (SSSR count). The van der Waals surface area contributed by atoms with E-state index in [1.807, 2.05) is 12.1 Å². The summed E-state index contributed by atoms with van der Waals surface area (Å²) in [5, 5.41) is 10.7. The number of pyridine rings is 1. The third kappa shape index (κ3) is 6.16. The van der Waals surface area contributed by atoms with Gasteiger partial charge < -0.3 is 20.1 Å². The number of nitrogens with zero attached hydrogens (tertiary/aromatic N) is 3. The third-order valence-electron chi connectivity index (χ3n) is 8.66. The van der Waals surface area contributed by atoms with Gasteiger partial charge in [0.05, 0.1) is 31.1 Å². The van der Waals surface area contributed by atoms with Crippen LogP contribution in [0.25, 0.3) is 0 Å². The first-order valence-corrected chi connectivity index (χ1v) is 13.4. The van der Waals surface area contributed by atoms with Crippen molar-refractivity contribution in [3.05, 3.63) is 51.7 Å². The zero-order valence-corrected chi connectivity index (χ0v) is 23.0. The highest BCUT2D eigenvalue weighted by atomic mass is 35.5. The normalized spacial score (nSPS) is 26.5. The highest BCUT2D eigenvalue weighted by molar-refractivity contribution is 6.32. The summed E-state index contributed by atoms with van der Waals surface area (Å²) in [7, 11) is 0. The van der Waals surface area contributed by atoms with E-state index in [9.17, 15) is 9.59 Å². The average molecular weight is 532 g/mol. The maximum absolute atomic E-state index is 13.0. The van der Waals surface area contributed by atoms with Crippen molar-refractivity contribution in [3.63, 3.8) is 0 Å². The number of rotatable bonds is 8. The van der Waals surface area contributed by atoms with E-state index >= 15 is 0 Å². The Bertz CT molecular complexity index is 1140. The molecule has 3 heterocycles. The molecular weight excluding hydrogens is 494 g/mol. The number of aromatic nitrogens is 3. The molecule has 1 unspecified atom stereocenters. The third-order valence-corrected chi connectivity index (χ3v) is 9.02. The highest BCUT2D eigenvalue weighted by Gasteiger charge is 2.43. The number of anilines is 1. The molecule has 0 bridgehead atoms. The summed E-state index contributed by atoms with van der Waals surface area (Å²) in [6, 6.07) is 3.47. The van der Waals surface area contributed by atoms with Crippen molar-refractivity contribution in [2.24, 2.45) is 23.2 Å². The van der Waals surface area contributed by atoms with Crippen molar-refractivity contribution in [3.8, 4) is 0 Å². The van der Waals surface area contributed by atoms with Crippen molar-refractivity contribution >= 4 is 23.2 Å². The van der Waals surface area contributed by atoms with E-state index in [0.717, 1.165) is 16.7 Å². The Kier molecular flexibility index (Phi) is 8.56. The van der Waals surface area contributed by atoms with E-state index in [0.29, 0.717) is 43.1 Å². The number of nitrogens with one attached hydrogen (secondary N) is 2. The van der Waals surface area contributed by atoms with E-state index in [-0.39, 0.29) is 35.0 Å². The Labute approximate surface area is 223 Å². The molecule has 2 fully saturated rings. The van der Waals surface area contributed by atoms with Gasteiger partial charge in [-0.25, -0.2) is 4.68 Å². The number of carbonyl (C=O) groups is 1. The average Bonchev–Trinajstić information content (AvgIpc) is 3.39. The van der Waals surface area contributed by atoms with Gasteiger partial charge in [-0.15, -0.1) is 0 Å². The summed E-state index contributed by atoms with van der Waals surface area (Å²) in [4.78, 5) is 30.0. The first-order valence-electron chi connectivity index (χ1n) is 13.0. The number of halogens is 1. The van der Waals surface area contributed by atoms with Gasteiger partial charge in [-0.05, 0) is 47.3 Å².